The van der Waals surface area contributed by atoms with Crippen molar-refractivity contribution in [2.75, 3.05) is 45.3 Å². The first-order chi connectivity index (χ1) is 22.0. The van der Waals surface area contributed by atoms with Crippen LogP contribution in [0.15, 0.2) is 53.4 Å². The zero-order chi connectivity index (χ0) is 32.3. The summed E-state index contributed by atoms with van der Waals surface area (Å²) in [5, 5.41) is 0.706. The Labute approximate surface area is 275 Å². The van der Waals surface area contributed by atoms with Crippen LogP contribution in [-0.2, 0) is 36.1 Å². The number of sulfonamides is 1. The van der Waals surface area contributed by atoms with Gasteiger partial charge in [-0.3, -0.25) is 4.79 Å². The minimum atomic E-state index is -4.19. The minimum absolute atomic E-state index is 0.00860. The molecule has 2 amide bonds. The van der Waals surface area contributed by atoms with Crippen LogP contribution in [0.5, 0.6) is 5.75 Å². The highest BCUT2D eigenvalue weighted by molar-refractivity contribution is 7.90. The Bertz CT molecular complexity index is 1690. The topological polar surface area (TPSA) is 114 Å². The molecule has 10 nitrogen and oxygen atoms in total. The molecule has 0 radical (unpaired) electrons. The van der Waals surface area contributed by atoms with E-state index in [4.69, 9.17) is 25.8 Å². The van der Waals surface area contributed by atoms with Crippen LogP contribution >= 0.6 is 11.6 Å². The third-order valence-electron chi connectivity index (χ3n) is 10.4. The maximum atomic E-state index is 13.6. The average Bonchev–Trinajstić information content (AvgIpc) is 3.81. The number of hydrogen-bond acceptors (Lipinski definition) is 8. The van der Waals surface area contributed by atoms with Crippen LogP contribution in [0.25, 0.3) is 0 Å². The summed E-state index contributed by atoms with van der Waals surface area (Å²) in [6.45, 7) is 1.76. The van der Waals surface area contributed by atoms with Crippen molar-refractivity contribution in [2.24, 2.45) is 11.8 Å². The van der Waals surface area contributed by atoms with Crippen molar-refractivity contribution < 1.29 is 32.2 Å². The molecule has 0 aromatic heterocycles. The number of nitrogens with one attached hydrogen (secondary N) is 1. The number of carbonyl (C=O) groups is 2. The number of amides is 2. The summed E-state index contributed by atoms with van der Waals surface area (Å²) < 4.78 is 47.9. The van der Waals surface area contributed by atoms with E-state index in [1.807, 2.05) is 18.2 Å². The van der Waals surface area contributed by atoms with Crippen LogP contribution in [0.3, 0.4) is 0 Å². The Balaban J connectivity index is 1.30. The van der Waals surface area contributed by atoms with Gasteiger partial charge in [0.05, 0.1) is 23.8 Å². The molecule has 2 aromatic carbocycles. The predicted molar refractivity (Wildman–Crippen MR) is 173 cm³/mol. The summed E-state index contributed by atoms with van der Waals surface area (Å²) in [4.78, 5) is 29.6. The van der Waals surface area contributed by atoms with Gasteiger partial charge in [-0.2, -0.15) is 0 Å². The Hall–Kier alpha value is -3.28. The van der Waals surface area contributed by atoms with E-state index in [9.17, 15) is 18.0 Å². The summed E-state index contributed by atoms with van der Waals surface area (Å²) in [5.74, 6) is 0.142. The van der Waals surface area contributed by atoms with Gasteiger partial charge in [-0.1, -0.05) is 23.7 Å². The molecule has 0 saturated heterocycles. The molecule has 2 heterocycles. The van der Waals surface area contributed by atoms with E-state index < -0.39 is 33.7 Å². The molecule has 2 saturated carbocycles. The summed E-state index contributed by atoms with van der Waals surface area (Å²) in [6, 6.07) is 10.9. The second-order valence-corrected chi connectivity index (χ2v) is 15.8. The summed E-state index contributed by atoms with van der Waals surface area (Å²) in [6.07, 6.45) is 8.23. The molecule has 2 fully saturated rings. The lowest BCUT2D eigenvalue weighted by molar-refractivity contribution is -0.132. The normalized spacial score (nSPS) is 30.0. The van der Waals surface area contributed by atoms with Crippen LogP contribution < -0.4 is 14.4 Å². The molecule has 7 rings (SSSR count). The number of carbonyl (C=O) groups excluding carboxylic acids is 2. The van der Waals surface area contributed by atoms with Crippen molar-refractivity contribution in [1.82, 2.24) is 9.62 Å². The molecule has 0 unspecified atom stereocenters. The number of fused-ring (bicyclic) bond motifs is 4. The van der Waals surface area contributed by atoms with Crippen molar-refractivity contribution in [3.63, 3.8) is 0 Å². The predicted octanol–water partition coefficient (Wildman–Crippen LogP) is 4.83. The fourth-order valence-electron chi connectivity index (χ4n) is 7.51. The van der Waals surface area contributed by atoms with Gasteiger partial charge in [0.25, 0.3) is 15.9 Å². The van der Waals surface area contributed by atoms with Crippen molar-refractivity contribution in [3.8, 4) is 5.75 Å². The van der Waals surface area contributed by atoms with E-state index >= 15 is 0 Å². The molecular weight excluding hydrogens is 630 g/mol. The van der Waals surface area contributed by atoms with E-state index in [0.29, 0.717) is 49.0 Å². The number of rotatable bonds is 1. The maximum absolute atomic E-state index is 13.6. The van der Waals surface area contributed by atoms with Crippen LogP contribution in [0.4, 0.5) is 10.5 Å². The first kappa shape index (κ1) is 31.3. The highest BCUT2D eigenvalue weighted by atomic mass is 35.5. The lowest BCUT2D eigenvalue weighted by Crippen LogP contribution is -2.50. The van der Waals surface area contributed by atoms with E-state index in [1.54, 1.807) is 32.3 Å². The molecule has 5 aliphatic rings. The highest BCUT2D eigenvalue weighted by Crippen LogP contribution is 2.47. The Kier molecular flexibility index (Phi) is 8.00. The molecule has 1 N–H and O–H groups in total. The van der Waals surface area contributed by atoms with Crippen LogP contribution in [0.1, 0.15) is 49.7 Å². The van der Waals surface area contributed by atoms with E-state index in [1.165, 1.54) is 22.1 Å². The molecule has 2 spiro atoms. The number of anilines is 1. The molecule has 4 atom stereocenters. The van der Waals surface area contributed by atoms with E-state index in [0.717, 1.165) is 32.1 Å². The number of nitrogens with zero attached hydrogens (tertiary/aromatic N) is 2. The number of benzene rings is 2. The fourth-order valence-corrected chi connectivity index (χ4v) is 8.77. The Morgan fingerprint density at radius 2 is 1.96 bits per heavy atom. The number of aryl methyl sites for hydroxylation is 1. The van der Waals surface area contributed by atoms with Gasteiger partial charge in [0, 0.05) is 43.5 Å². The Morgan fingerprint density at radius 1 is 1.13 bits per heavy atom. The van der Waals surface area contributed by atoms with Gasteiger partial charge in [0.1, 0.15) is 17.5 Å². The second-order valence-electron chi connectivity index (χ2n) is 13.6. The number of hydrogen-bond donors (Lipinski definition) is 1. The van der Waals surface area contributed by atoms with Crippen LogP contribution in [0, 0.1) is 11.8 Å². The van der Waals surface area contributed by atoms with Crippen LogP contribution in [-0.4, -0.2) is 77.4 Å². The second kappa shape index (κ2) is 11.8. The quantitative estimate of drug-likeness (QED) is 0.430. The van der Waals surface area contributed by atoms with Gasteiger partial charge < -0.3 is 24.0 Å². The van der Waals surface area contributed by atoms with Crippen molar-refractivity contribution >= 4 is 39.3 Å². The summed E-state index contributed by atoms with van der Waals surface area (Å²) in [7, 11) is -0.868. The largest absolute Gasteiger partial charge is 0.490 e. The summed E-state index contributed by atoms with van der Waals surface area (Å²) in [5.41, 5.74) is 1.56. The SMILES string of the molecule is CN(C)C(=O)O[C@H]1/C=C/COC2(CC2)C(=O)NS(=O)(=O)c2ccc3c(c2)N(C[C@@H]2CC[C@H]21)C[C@@]1(CCCc2cc(Cl)ccc21)CO3. The van der Waals surface area contributed by atoms with Crippen molar-refractivity contribution in [2.45, 2.75) is 67.0 Å². The van der Waals surface area contributed by atoms with Gasteiger partial charge in [-0.15, -0.1) is 0 Å². The molecule has 2 bridgehead atoms. The maximum Gasteiger partial charge on any atom is 0.409 e. The molecule has 2 aromatic rings. The van der Waals surface area contributed by atoms with Gasteiger partial charge in [0.15, 0.2) is 0 Å². The molecule has 2 aliphatic heterocycles. The number of ether oxygens (including phenoxy) is 3. The first-order valence-corrected chi connectivity index (χ1v) is 17.9. The molecule has 12 heteroatoms. The van der Waals surface area contributed by atoms with E-state index in [2.05, 4.69) is 15.7 Å². The first-order valence-electron chi connectivity index (χ1n) is 16.1. The average molecular weight is 670 g/mol. The van der Waals surface area contributed by atoms with Crippen LogP contribution in [0.2, 0.25) is 5.02 Å². The zero-order valence-electron chi connectivity index (χ0n) is 26.2. The van der Waals surface area contributed by atoms with Crippen molar-refractivity contribution in [1.29, 1.82) is 0 Å². The third kappa shape index (κ3) is 5.75. The lowest BCUT2D eigenvalue weighted by atomic mass is 9.68. The van der Waals surface area contributed by atoms with Gasteiger partial charge >= 0.3 is 6.09 Å². The van der Waals surface area contributed by atoms with E-state index in [-0.39, 0.29) is 28.8 Å². The highest BCUT2D eigenvalue weighted by Gasteiger charge is 2.53. The molecule has 46 heavy (non-hydrogen) atoms. The number of halogens is 1. The molecule has 3 aliphatic carbocycles. The summed E-state index contributed by atoms with van der Waals surface area (Å²) >= 11 is 6.41. The minimum Gasteiger partial charge on any atom is -0.490 e. The monoisotopic (exact) mass is 669 g/mol. The lowest BCUT2D eigenvalue weighted by Gasteiger charge is -2.46. The smallest absolute Gasteiger partial charge is 0.409 e. The standard InChI is InChI=1S/C34H40ClN3O7S/c1-37(2)32(40)45-29-6-4-16-44-34(14-15-34)31(39)36-46(41,42)25-9-12-30-28(18-25)38(19-23-7-10-26(23)29)20-33(21-43-30)13-3-5-22-17-24(35)8-11-27(22)33/h4,6,8-9,11-12,17-18,23,26,29H,3,5,7,10,13-16,19-21H2,1-2H3,(H,36,39)/b6-4+/t23-,26+,29-,33-/m0/s1. The van der Waals surface area contributed by atoms with Crippen molar-refractivity contribution in [3.05, 3.63) is 64.7 Å². The molecular formula is C34H40ClN3O7S. The molecule has 246 valence electrons. The van der Waals surface area contributed by atoms with Gasteiger partial charge in [-0.05, 0) is 98.4 Å². The Morgan fingerprint density at radius 3 is 2.70 bits per heavy atom. The van der Waals surface area contributed by atoms with Gasteiger partial charge in [-0.25, -0.2) is 17.9 Å². The van der Waals surface area contributed by atoms with Gasteiger partial charge in [0.2, 0.25) is 0 Å². The third-order valence-corrected chi connectivity index (χ3v) is 12.0. The zero-order valence-corrected chi connectivity index (χ0v) is 27.7. The fraction of sp³-hybridized carbons (Fsp3) is 0.529.